The van der Waals surface area contributed by atoms with Crippen LogP contribution in [0.15, 0.2) is 6.33 Å². The smallest absolute Gasteiger partial charge is 0.115 e. The predicted molar refractivity (Wildman–Crippen MR) is 65.2 cm³/mol. The summed E-state index contributed by atoms with van der Waals surface area (Å²) in [6.45, 7) is 4.33. The summed E-state index contributed by atoms with van der Waals surface area (Å²) in [5.74, 6) is 0.509. The summed E-state index contributed by atoms with van der Waals surface area (Å²) in [6, 6.07) is 0.209. The fourth-order valence-electron chi connectivity index (χ4n) is 2.22. The van der Waals surface area contributed by atoms with E-state index in [-0.39, 0.29) is 6.04 Å². The monoisotopic (exact) mass is 219 g/mol. The van der Waals surface area contributed by atoms with Gasteiger partial charge in [0, 0.05) is 23.9 Å². The molecule has 1 heterocycles. The molecule has 0 aliphatic heterocycles. The van der Waals surface area contributed by atoms with Crippen molar-refractivity contribution in [2.75, 3.05) is 0 Å². The van der Waals surface area contributed by atoms with Crippen molar-refractivity contribution in [3.8, 4) is 0 Å². The minimum atomic E-state index is 0.209. The third kappa shape index (κ3) is 2.40. The van der Waals surface area contributed by atoms with E-state index in [0.717, 1.165) is 19.3 Å². The summed E-state index contributed by atoms with van der Waals surface area (Å²) in [6.07, 6.45) is 7.37. The number of aromatic nitrogens is 2. The Morgan fingerprint density at radius 2 is 2.00 bits per heavy atom. The maximum absolute atomic E-state index is 6.12. The third-order valence-electron chi connectivity index (χ3n) is 3.50. The number of fused-ring (bicyclic) bond motifs is 1. The van der Waals surface area contributed by atoms with Crippen molar-refractivity contribution >= 4 is 0 Å². The van der Waals surface area contributed by atoms with Crippen LogP contribution in [0.1, 0.15) is 43.6 Å². The average Bonchev–Trinajstić information content (AvgIpc) is 2.29. The molecule has 1 atom stereocenters. The fraction of sp³-hybridized carbons (Fsp3) is 0.692. The molecule has 88 valence electrons. The van der Waals surface area contributed by atoms with Gasteiger partial charge in [0.2, 0.25) is 0 Å². The molecule has 1 aliphatic rings. The third-order valence-corrected chi connectivity index (χ3v) is 3.50. The van der Waals surface area contributed by atoms with Gasteiger partial charge < -0.3 is 5.73 Å². The lowest BCUT2D eigenvalue weighted by Crippen LogP contribution is -2.30. The highest BCUT2D eigenvalue weighted by Crippen LogP contribution is 2.22. The van der Waals surface area contributed by atoms with Gasteiger partial charge in [-0.2, -0.15) is 0 Å². The van der Waals surface area contributed by atoms with Crippen LogP contribution >= 0.6 is 0 Å². The van der Waals surface area contributed by atoms with Gasteiger partial charge >= 0.3 is 0 Å². The highest BCUT2D eigenvalue weighted by atomic mass is 14.9. The van der Waals surface area contributed by atoms with Crippen LogP contribution in [0.3, 0.4) is 0 Å². The first-order valence-corrected chi connectivity index (χ1v) is 6.25. The predicted octanol–water partition coefficient (Wildman–Crippen LogP) is 1.88. The van der Waals surface area contributed by atoms with E-state index in [1.54, 1.807) is 6.33 Å². The number of aryl methyl sites for hydroxylation is 1. The Balaban J connectivity index is 2.20. The summed E-state index contributed by atoms with van der Waals surface area (Å²) >= 11 is 0. The van der Waals surface area contributed by atoms with E-state index < -0.39 is 0 Å². The van der Waals surface area contributed by atoms with E-state index in [1.165, 1.54) is 29.8 Å². The maximum atomic E-state index is 6.12. The Bertz CT molecular complexity index is 360. The van der Waals surface area contributed by atoms with Crippen LogP contribution < -0.4 is 5.73 Å². The Labute approximate surface area is 97.5 Å². The Morgan fingerprint density at radius 3 is 2.75 bits per heavy atom. The summed E-state index contributed by atoms with van der Waals surface area (Å²) < 4.78 is 0. The highest BCUT2D eigenvalue weighted by molar-refractivity contribution is 5.27. The average molecular weight is 219 g/mol. The van der Waals surface area contributed by atoms with Gasteiger partial charge in [0.25, 0.3) is 0 Å². The van der Waals surface area contributed by atoms with Gasteiger partial charge in [-0.1, -0.05) is 13.8 Å². The molecule has 3 heteroatoms. The molecule has 0 saturated carbocycles. The summed E-state index contributed by atoms with van der Waals surface area (Å²) in [4.78, 5) is 8.80. The quantitative estimate of drug-likeness (QED) is 0.844. The van der Waals surface area contributed by atoms with Gasteiger partial charge in [0.1, 0.15) is 6.33 Å². The molecule has 0 saturated heterocycles. The molecule has 0 spiro atoms. The van der Waals surface area contributed by atoms with Crippen molar-refractivity contribution in [3.63, 3.8) is 0 Å². The molecular weight excluding hydrogens is 198 g/mol. The molecular formula is C13H21N3. The molecule has 0 fully saturated rings. The van der Waals surface area contributed by atoms with Gasteiger partial charge in [-0.3, -0.25) is 0 Å². The van der Waals surface area contributed by atoms with Gasteiger partial charge in [-0.05, 0) is 37.2 Å². The number of nitrogens with two attached hydrogens (primary N) is 1. The fourth-order valence-corrected chi connectivity index (χ4v) is 2.22. The van der Waals surface area contributed by atoms with Crippen molar-refractivity contribution in [2.45, 2.75) is 52.0 Å². The molecule has 16 heavy (non-hydrogen) atoms. The molecule has 1 aromatic heterocycles. The first kappa shape index (κ1) is 11.5. The van der Waals surface area contributed by atoms with Gasteiger partial charge in [0.05, 0.1) is 0 Å². The first-order valence-electron chi connectivity index (χ1n) is 6.25. The second-order valence-electron chi connectivity index (χ2n) is 5.06. The maximum Gasteiger partial charge on any atom is 0.115 e. The number of hydrogen-bond donors (Lipinski definition) is 1. The van der Waals surface area contributed by atoms with Gasteiger partial charge in [-0.25, -0.2) is 9.97 Å². The van der Waals surface area contributed by atoms with E-state index >= 15 is 0 Å². The van der Waals surface area contributed by atoms with E-state index in [1.807, 2.05) is 0 Å². The van der Waals surface area contributed by atoms with E-state index in [0.29, 0.717) is 5.92 Å². The number of rotatable bonds is 3. The van der Waals surface area contributed by atoms with E-state index in [4.69, 9.17) is 5.73 Å². The molecule has 0 bridgehead atoms. The van der Waals surface area contributed by atoms with Crippen LogP contribution in [0.4, 0.5) is 0 Å². The topological polar surface area (TPSA) is 51.8 Å². The SMILES string of the molecule is CC(C)C(N)Cc1ncnc2c1CCCC2. The number of nitrogens with zero attached hydrogens (tertiary/aromatic N) is 2. The first-order chi connectivity index (χ1) is 7.68. The van der Waals surface area contributed by atoms with Crippen molar-refractivity contribution in [1.29, 1.82) is 0 Å². The highest BCUT2D eigenvalue weighted by Gasteiger charge is 2.18. The summed E-state index contributed by atoms with van der Waals surface area (Å²) in [5, 5.41) is 0. The normalized spacial score (nSPS) is 17.2. The molecule has 0 aromatic carbocycles. The van der Waals surface area contributed by atoms with Crippen LogP contribution in [0.25, 0.3) is 0 Å². The summed E-state index contributed by atoms with van der Waals surface area (Å²) in [7, 11) is 0. The van der Waals surface area contributed by atoms with Gasteiger partial charge in [0.15, 0.2) is 0 Å². The molecule has 3 nitrogen and oxygen atoms in total. The Hall–Kier alpha value is -0.960. The molecule has 1 unspecified atom stereocenters. The van der Waals surface area contributed by atoms with E-state index in [2.05, 4.69) is 23.8 Å². The van der Waals surface area contributed by atoms with Crippen LogP contribution in [-0.2, 0) is 19.3 Å². The van der Waals surface area contributed by atoms with Crippen LogP contribution in [0.5, 0.6) is 0 Å². The standard InChI is InChI=1S/C13H21N3/c1-9(2)11(14)7-13-10-5-3-4-6-12(10)15-8-16-13/h8-9,11H,3-7,14H2,1-2H3. The minimum Gasteiger partial charge on any atom is -0.327 e. The lowest BCUT2D eigenvalue weighted by molar-refractivity contribution is 0.482. The lowest BCUT2D eigenvalue weighted by Gasteiger charge is -2.20. The van der Waals surface area contributed by atoms with Crippen LogP contribution in [-0.4, -0.2) is 16.0 Å². The van der Waals surface area contributed by atoms with Crippen LogP contribution in [0.2, 0.25) is 0 Å². The second kappa shape index (κ2) is 4.91. The zero-order valence-corrected chi connectivity index (χ0v) is 10.2. The second-order valence-corrected chi connectivity index (χ2v) is 5.06. The van der Waals surface area contributed by atoms with Crippen molar-refractivity contribution < 1.29 is 0 Å². The molecule has 0 amide bonds. The zero-order chi connectivity index (χ0) is 11.5. The zero-order valence-electron chi connectivity index (χ0n) is 10.2. The largest absolute Gasteiger partial charge is 0.327 e. The molecule has 1 aliphatic carbocycles. The minimum absolute atomic E-state index is 0.209. The van der Waals surface area contributed by atoms with Crippen molar-refractivity contribution in [1.82, 2.24) is 9.97 Å². The van der Waals surface area contributed by atoms with Crippen molar-refractivity contribution in [3.05, 3.63) is 23.3 Å². The molecule has 0 radical (unpaired) electrons. The number of hydrogen-bond acceptors (Lipinski definition) is 3. The van der Waals surface area contributed by atoms with Gasteiger partial charge in [-0.15, -0.1) is 0 Å². The lowest BCUT2D eigenvalue weighted by atomic mass is 9.91. The Morgan fingerprint density at radius 1 is 1.25 bits per heavy atom. The Kier molecular flexibility index (Phi) is 3.54. The summed E-state index contributed by atoms with van der Waals surface area (Å²) in [5.41, 5.74) is 9.94. The van der Waals surface area contributed by atoms with Crippen molar-refractivity contribution in [2.24, 2.45) is 11.7 Å². The van der Waals surface area contributed by atoms with Crippen LogP contribution in [0, 0.1) is 5.92 Å². The molecule has 1 aromatic rings. The molecule has 2 rings (SSSR count). The van der Waals surface area contributed by atoms with E-state index in [9.17, 15) is 0 Å². The molecule has 2 N–H and O–H groups in total.